The molecule has 0 aliphatic heterocycles. The number of benzene rings is 2. The predicted octanol–water partition coefficient (Wildman–Crippen LogP) is 3.91. The standard InChI is InChI=1S/C22H21N3O2/c1-14-16(18-13-15(27-4)9-11-20(18)24(14)2)10-12-21-23-19-8-6-5-7-17(19)22(26)25(21)3/h5-13H,1-4H3. The minimum atomic E-state index is -0.0449. The van der Waals surface area contributed by atoms with Crippen LogP contribution in [-0.4, -0.2) is 21.2 Å². The van der Waals surface area contributed by atoms with Gasteiger partial charge in [0.2, 0.25) is 0 Å². The maximum atomic E-state index is 12.6. The van der Waals surface area contributed by atoms with Crippen LogP contribution in [0.3, 0.4) is 0 Å². The number of hydrogen-bond acceptors (Lipinski definition) is 3. The van der Waals surface area contributed by atoms with Gasteiger partial charge in [-0.05, 0) is 49.4 Å². The molecule has 0 amide bonds. The maximum Gasteiger partial charge on any atom is 0.261 e. The Morgan fingerprint density at radius 3 is 2.56 bits per heavy atom. The Labute approximate surface area is 157 Å². The Kier molecular flexibility index (Phi) is 4.07. The van der Waals surface area contributed by atoms with Crippen LogP contribution in [-0.2, 0) is 14.1 Å². The second-order valence-corrected chi connectivity index (χ2v) is 6.63. The highest BCUT2D eigenvalue weighted by Gasteiger charge is 2.11. The molecule has 0 aliphatic carbocycles. The van der Waals surface area contributed by atoms with E-state index in [1.54, 1.807) is 24.8 Å². The highest BCUT2D eigenvalue weighted by molar-refractivity contribution is 5.94. The summed E-state index contributed by atoms with van der Waals surface area (Å²) in [5.41, 5.74) is 4.02. The fourth-order valence-electron chi connectivity index (χ4n) is 3.46. The van der Waals surface area contributed by atoms with Gasteiger partial charge in [0.1, 0.15) is 11.6 Å². The summed E-state index contributed by atoms with van der Waals surface area (Å²) < 4.78 is 9.12. The average molecular weight is 359 g/mol. The van der Waals surface area contributed by atoms with Crippen molar-refractivity contribution in [2.24, 2.45) is 14.1 Å². The smallest absolute Gasteiger partial charge is 0.261 e. The number of ether oxygens (including phenoxy) is 1. The van der Waals surface area contributed by atoms with Crippen molar-refractivity contribution in [1.82, 2.24) is 14.1 Å². The van der Waals surface area contributed by atoms with Gasteiger partial charge in [0.25, 0.3) is 5.56 Å². The van der Waals surface area contributed by atoms with E-state index in [2.05, 4.69) is 22.5 Å². The summed E-state index contributed by atoms with van der Waals surface area (Å²) in [6.07, 6.45) is 3.92. The van der Waals surface area contributed by atoms with Gasteiger partial charge >= 0.3 is 0 Å². The minimum Gasteiger partial charge on any atom is -0.497 e. The highest BCUT2D eigenvalue weighted by atomic mass is 16.5. The topological polar surface area (TPSA) is 49.0 Å². The first-order valence-corrected chi connectivity index (χ1v) is 8.78. The second-order valence-electron chi connectivity index (χ2n) is 6.63. The van der Waals surface area contributed by atoms with E-state index in [-0.39, 0.29) is 5.56 Å². The van der Waals surface area contributed by atoms with E-state index in [4.69, 9.17) is 4.74 Å². The number of aromatic nitrogens is 3. The molecule has 2 aromatic carbocycles. The largest absolute Gasteiger partial charge is 0.497 e. The Hall–Kier alpha value is -3.34. The molecule has 0 radical (unpaired) electrons. The van der Waals surface area contributed by atoms with Crippen LogP contribution in [0.25, 0.3) is 34.0 Å². The molecule has 0 saturated heterocycles. The van der Waals surface area contributed by atoms with Crippen molar-refractivity contribution in [3.8, 4) is 5.75 Å². The highest BCUT2D eigenvalue weighted by Crippen LogP contribution is 2.29. The van der Waals surface area contributed by atoms with Crippen molar-refractivity contribution in [2.45, 2.75) is 6.92 Å². The first kappa shape index (κ1) is 17.1. The summed E-state index contributed by atoms with van der Waals surface area (Å²) in [6.45, 7) is 2.08. The van der Waals surface area contributed by atoms with E-state index in [0.29, 0.717) is 16.7 Å². The number of nitrogens with zero attached hydrogens (tertiary/aromatic N) is 3. The number of aryl methyl sites for hydroxylation is 1. The minimum absolute atomic E-state index is 0.0449. The van der Waals surface area contributed by atoms with Gasteiger partial charge in [0.15, 0.2) is 0 Å². The quantitative estimate of drug-likeness (QED) is 0.557. The summed E-state index contributed by atoms with van der Waals surface area (Å²) in [7, 11) is 5.47. The van der Waals surface area contributed by atoms with Crippen LogP contribution in [0.5, 0.6) is 5.75 Å². The van der Waals surface area contributed by atoms with Gasteiger partial charge in [-0.25, -0.2) is 4.98 Å². The van der Waals surface area contributed by atoms with Crippen LogP contribution < -0.4 is 10.3 Å². The first-order chi connectivity index (χ1) is 13.0. The lowest BCUT2D eigenvalue weighted by atomic mass is 10.1. The van der Waals surface area contributed by atoms with E-state index >= 15 is 0 Å². The van der Waals surface area contributed by atoms with E-state index in [9.17, 15) is 4.79 Å². The normalized spacial score (nSPS) is 11.7. The molecule has 0 atom stereocenters. The molecular weight excluding hydrogens is 338 g/mol. The monoisotopic (exact) mass is 359 g/mol. The van der Waals surface area contributed by atoms with Crippen LogP contribution in [0.15, 0.2) is 47.3 Å². The molecule has 2 aromatic heterocycles. The summed E-state index contributed by atoms with van der Waals surface area (Å²) in [5.74, 6) is 1.44. The molecule has 5 nitrogen and oxygen atoms in total. The van der Waals surface area contributed by atoms with Gasteiger partial charge < -0.3 is 9.30 Å². The molecule has 2 heterocycles. The Morgan fingerprint density at radius 1 is 1.00 bits per heavy atom. The first-order valence-electron chi connectivity index (χ1n) is 8.78. The molecule has 5 heteroatoms. The SMILES string of the molecule is COc1ccc2c(c1)c(C=Cc1nc3ccccc3c(=O)n1C)c(C)n2C. The third kappa shape index (κ3) is 2.72. The molecule has 136 valence electrons. The van der Waals surface area contributed by atoms with Gasteiger partial charge in [0.05, 0.1) is 18.0 Å². The van der Waals surface area contributed by atoms with Crippen LogP contribution in [0.2, 0.25) is 0 Å². The molecule has 0 aliphatic rings. The zero-order chi connectivity index (χ0) is 19.1. The zero-order valence-electron chi connectivity index (χ0n) is 15.9. The van der Waals surface area contributed by atoms with E-state index in [1.807, 2.05) is 49.5 Å². The van der Waals surface area contributed by atoms with Crippen molar-refractivity contribution in [2.75, 3.05) is 7.11 Å². The van der Waals surface area contributed by atoms with Gasteiger partial charge in [-0.2, -0.15) is 0 Å². The molecule has 4 aromatic rings. The van der Waals surface area contributed by atoms with Gasteiger partial charge in [0, 0.05) is 36.3 Å². The van der Waals surface area contributed by atoms with Crippen molar-refractivity contribution in [3.63, 3.8) is 0 Å². The van der Waals surface area contributed by atoms with E-state index in [1.165, 1.54) is 0 Å². The fourth-order valence-corrected chi connectivity index (χ4v) is 3.46. The molecular formula is C22H21N3O2. The Balaban J connectivity index is 1.89. The van der Waals surface area contributed by atoms with Crippen LogP contribution in [0.4, 0.5) is 0 Å². The summed E-state index contributed by atoms with van der Waals surface area (Å²) >= 11 is 0. The Morgan fingerprint density at radius 2 is 1.78 bits per heavy atom. The lowest BCUT2D eigenvalue weighted by Gasteiger charge is -2.05. The fraction of sp³-hybridized carbons (Fsp3) is 0.182. The summed E-state index contributed by atoms with van der Waals surface area (Å²) in [6, 6.07) is 13.5. The third-order valence-electron chi connectivity index (χ3n) is 5.16. The molecule has 0 fully saturated rings. The molecule has 27 heavy (non-hydrogen) atoms. The number of methoxy groups -OCH3 is 1. The van der Waals surface area contributed by atoms with Gasteiger partial charge in [-0.15, -0.1) is 0 Å². The van der Waals surface area contributed by atoms with E-state index in [0.717, 1.165) is 27.9 Å². The summed E-state index contributed by atoms with van der Waals surface area (Å²) in [4.78, 5) is 17.2. The molecule has 0 saturated carbocycles. The van der Waals surface area contributed by atoms with Crippen LogP contribution in [0, 0.1) is 6.92 Å². The van der Waals surface area contributed by atoms with Crippen molar-refractivity contribution in [1.29, 1.82) is 0 Å². The van der Waals surface area contributed by atoms with Crippen LogP contribution >= 0.6 is 0 Å². The molecule has 0 bridgehead atoms. The number of rotatable bonds is 3. The predicted molar refractivity (Wildman–Crippen MR) is 110 cm³/mol. The average Bonchev–Trinajstić information content (AvgIpc) is 2.93. The zero-order valence-corrected chi connectivity index (χ0v) is 15.9. The molecule has 4 rings (SSSR count). The van der Waals surface area contributed by atoms with Gasteiger partial charge in [-0.3, -0.25) is 9.36 Å². The van der Waals surface area contributed by atoms with Crippen molar-refractivity contribution >= 4 is 34.0 Å². The lowest BCUT2D eigenvalue weighted by molar-refractivity contribution is 0.415. The third-order valence-corrected chi connectivity index (χ3v) is 5.16. The van der Waals surface area contributed by atoms with Crippen LogP contribution in [0.1, 0.15) is 17.1 Å². The number of hydrogen-bond donors (Lipinski definition) is 0. The van der Waals surface area contributed by atoms with Crippen molar-refractivity contribution < 1.29 is 4.74 Å². The molecule has 0 N–H and O–H groups in total. The summed E-state index contributed by atoms with van der Waals surface area (Å²) in [5, 5.41) is 1.74. The van der Waals surface area contributed by atoms with Crippen molar-refractivity contribution in [3.05, 3.63) is 69.9 Å². The molecule has 0 unspecified atom stereocenters. The second kappa shape index (κ2) is 6.43. The number of para-hydroxylation sites is 1. The molecule has 0 spiro atoms. The van der Waals surface area contributed by atoms with E-state index < -0.39 is 0 Å². The maximum absolute atomic E-state index is 12.6. The Bertz CT molecular complexity index is 1260. The van der Waals surface area contributed by atoms with Gasteiger partial charge in [-0.1, -0.05) is 12.1 Å². The number of fused-ring (bicyclic) bond motifs is 2. The lowest BCUT2D eigenvalue weighted by Crippen LogP contribution is -2.20.